The van der Waals surface area contributed by atoms with Crippen molar-refractivity contribution in [1.82, 2.24) is 4.90 Å². The molecule has 1 heterocycles. The number of hydrogen-bond donors (Lipinski definition) is 1. The lowest BCUT2D eigenvalue weighted by Gasteiger charge is -2.32. The van der Waals surface area contributed by atoms with Crippen molar-refractivity contribution in [3.8, 4) is 5.75 Å². The first-order valence-electron chi connectivity index (χ1n) is 11.4. The molecule has 0 aromatic heterocycles. The molecule has 0 radical (unpaired) electrons. The van der Waals surface area contributed by atoms with Crippen LogP contribution in [0.25, 0.3) is 0 Å². The number of aliphatic imine (C=N–C) groups is 1. The van der Waals surface area contributed by atoms with Gasteiger partial charge in [-0.2, -0.15) is 13.2 Å². The van der Waals surface area contributed by atoms with Crippen molar-refractivity contribution in [3.63, 3.8) is 0 Å². The Morgan fingerprint density at radius 1 is 1.08 bits per heavy atom. The summed E-state index contributed by atoms with van der Waals surface area (Å²) in [4.78, 5) is 32.0. The molecule has 4 rings (SSSR count). The van der Waals surface area contributed by atoms with Gasteiger partial charge in [0.15, 0.2) is 5.17 Å². The SMILES string of the molecule is COc1ccc(NC(=O)C2CC(=O)N(CCc3ccccc3)C(=Nc3cccc(C(F)(F)F)c3)S2)cc1. The van der Waals surface area contributed by atoms with Gasteiger partial charge in [-0.1, -0.05) is 48.2 Å². The molecule has 1 unspecified atom stereocenters. The maximum Gasteiger partial charge on any atom is 0.416 e. The number of alkyl halides is 3. The minimum absolute atomic E-state index is 0.0473. The third kappa shape index (κ3) is 6.91. The zero-order valence-electron chi connectivity index (χ0n) is 19.9. The Labute approximate surface area is 216 Å². The predicted molar refractivity (Wildman–Crippen MR) is 138 cm³/mol. The highest BCUT2D eigenvalue weighted by Gasteiger charge is 2.36. The van der Waals surface area contributed by atoms with Crippen LogP contribution in [-0.4, -0.2) is 40.8 Å². The van der Waals surface area contributed by atoms with E-state index in [1.807, 2.05) is 30.3 Å². The van der Waals surface area contributed by atoms with E-state index in [-0.39, 0.29) is 29.7 Å². The molecule has 0 spiro atoms. The number of benzene rings is 3. The Morgan fingerprint density at radius 2 is 1.81 bits per heavy atom. The van der Waals surface area contributed by atoms with Crippen LogP contribution in [0.2, 0.25) is 0 Å². The van der Waals surface area contributed by atoms with Gasteiger partial charge in [0.05, 0.1) is 18.4 Å². The largest absolute Gasteiger partial charge is 0.497 e. The number of amides is 2. The summed E-state index contributed by atoms with van der Waals surface area (Å²) in [5.41, 5.74) is 0.733. The van der Waals surface area contributed by atoms with Crippen LogP contribution in [0.15, 0.2) is 83.9 Å². The minimum atomic E-state index is -4.53. The molecule has 0 bridgehead atoms. The van der Waals surface area contributed by atoms with Gasteiger partial charge >= 0.3 is 6.18 Å². The van der Waals surface area contributed by atoms with E-state index >= 15 is 0 Å². The number of amidine groups is 1. The van der Waals surface area contributed by atoms with E-state index in [2.05, 4.69) is 10.3 Å². The number of hydrogen-bond acceptors (Lipinski definition) is 5. The molecule has 1 aliphatic heterocycles. The second-order valence-corrected chi connectivity index (χ2v) is 9.42. The molecule has 1 saturated heterocycles. The Balaban J connectivity index is 1.58. The third-order valence-electron chi connectivity index (χ3n) is 5.65. The van der Waals surface area contributed by atoms with Crippen molar-refractivity contribution in [2.45, 2.75) is 24.3 Å². The van der Waals surface area contributed by atoms with E-state index < -0.39 is 22.9 Å². The van der Waals surface area contributed by atoms with Gasteiger partial charge < -0.3 is 10.1 Å². The number of nitrogens with zero attached hydrogens (tertiary/aromatic N) is 2. The molecule has 6 nitrogen and oxygen atoms in total. The topological polar surface area (TPSA) is 71.0 Å². The molecule has 192 valence electrons. The average molecular weight is 528 g/mol. The highest BCUT2D eigenvalue weighted by Crippen LogP contribution is 2.34. The zero-order chi connectivity index (χ0) is 26.4. The summed E-state index contributed by atoms with van der Waals surface area (Å²) in [6.07, 6.45) is -4.07. The summed E-state index contributed by atoms with van der Waals surface area (Å²) in [6.45, 7) is 0.278. The summed E-state index contributed by atoms with van der Waals surface area (Å²) in [6, 6.07) is 20.8. The van der Waals surface area contributed by atoms with E-state index in [1.165, 1.54) is 24.1 Å². The smallest absolute Gasteiger partial charge is 0.416 e. The van der Waals surface area contributed by atoms with Crippen LogP contribution in [-0.2, 0) is 22.2 Å². The van der Waals surface area contributed by atoms with Crippen LogP contribution in [0.4, 0.5) is 24.5 Å². The van der Waals surface area contributed by atoms with Crippen molar-refractivity contribution >= 4 is 40.1 Å². The van der Waals surface area contributed by atoms with Gasteiger partial charge in [-0.3, -0.25) is 14.5 Å². The maximum absolute atomic E-state index is 13.2. The van der Waals surface area contributed by atoms with Crippen LogP contribution >= 0.6 is 11.8 Å². The fourth-order valence-electron chi connectivity index (χ4n) is 3.71. The highest BCUT2D eigenvalue weighted by molar-refractivity contribution is 8.15. The predicted octanol–water partition coefficient (Wildman–Crippen LogP) is 5.92. The van der Waals surface area contributed by atoms with Gasteiger partial charge in [0.2, 0.25) is 11.8 Å². The summed E-state index contributed by atoms with van der Waals surface area (Å²) in [5, 5.41) is 2.16. The highest BCUT2D eigenvalue weighted by atomic mass is 32.2. The molecule has 2 amide bonds. The van der Waals surface area contributed by atoms with Gasteiger partial charge in [-0.25, -0.2) is 4.99 Å². The first-order chi connectivity index (χ1) is 17.7. The van der Waals surface area contributed by atoms with Crippen molar-refractivity contribution in [2.75, 3.05) is 19.0 Å². The van der Waals surface area contributed by atoms with Crippen LogP contribution in [0.5, 0.6) is 5.75 Å². The van der Waals surface area contributed by atoms with E-state index in [9.17, 15) is 22.8 Å². The molecule has 1 atom stereocenters. The molecule has 0 saturated carbocycles. The summed E-state index contributed by atoms with van der Waals surface area (Å²) < 4.78 is 44.8. The Bertz CT molecular complexity index is 1280. The number of ether oxygens (including phenoxy) is 1. The zero-order valence-corrected chi connectivity index (χ0v) is 20.7. The molecular formula is C27H24F3N3O3S. The second-order valence-electron chi connectivity index (χ2n) is 8.25. The van der Waals surface area contributed by atoms with Crippen LogP contribution in [0.3, 0.4) is 0 Å². The molecule has 1 aliphatic rings. The van der Waals surface area contributed by atoms with E-state index in [1.54, 1.807) is 24.3 Å². The number of halogens is 3. The van der Waals surface area contributed by atoms with Gasteiger partial charge in [-0.15, -0.1) is 0 Å². The molecular weight excluding hydrogens is 503 g/mol. The van der Waals surface area contributed by atoms with Gasteiger partial charge in [0, 0.05) is 18.7 Å². The lowest BCUT2D eigenvalue weighted by atomic mass is 10.1. The van der Waals surface area contributed by atoms with Crippen LogP contribution in [0, 0.1) is 0 Å². The van der Waals surface area contributed by atoms with Gasteiger partial charge in [0.25, 0.3) is 0 Å². The Morgan fingerprint density at radius 3 is 2.49 bits per heavy atom. The standard InChI is InChI=1S/C27H24F3N3O3S/c1-36-22-12-10-20(11-13-22)31-25(35)23-17-24(34)33(15-14-18-6-3-2-4-7-18)26(37-23)32-21-9-5-8-19(16-21)27(28,29)30/h2-13,16,23H,14-15,17H2,1H3,(H,31,35). The molecule has 1 fully saturated rings. The molecule has 3 aromatic rings. The average Bonchev–Trinajstić information content (AvgIpc) is 2.89. The van der Waals surface area contributed by atoms with Crippen molar-refractivity contribution in [1.29, 1.82) is 0 Å². The number of thioether (sulfide) groups is 1. The number of methoxy groups -OCH3 is 1. The van der Waals surface area contributed by atoms with Crippen LogP contribution in [0.1, 0.15) is 17.5 Å². The molecule has 3 aromatic carbocycles. The lowest BCUT2D eigenvalue weighted by molar-refractivity contribution is -0.137. The second kappa shape index (κ2) is 11.5. The fraction of sp³-hybridized carbons (Fsp3) is 0.222. The van der Waals surface area contributed by atoms with E-state index in [0.29, 0.717) is 17.9 Å². The first-order valence-corrected chi connectivity index (χ1v) is 12.3. The van der Waals surface area contributed by atoms with Gasteiger partial charge in [-0.05, 0) is 54.4 Å². The normalized spacial score (nSPS) is 17.1. The first kappa shape index (κ1) is 26.3. The minimum Gasteiger partial charge on any atom is -0.497 e. The van der Waals surface area contributed by atoms with Gasteiger partial charge in [0.1, 0.15) is 11.0 Å². The number of nitrogens with one attached hydrogen (secondary N) is 1. The molecule has 1 N–H and O–H groups in total. The summed E-state index contributed by atoms with van der Waals surface area (Å²) in [5.74, 6) is -0.0944. The van der Waals surface area contributed by atoms with E-state index in [0.717, 1.165) is 29.5 Å². The molecule has 37 heavy (non-hydrogen) atoms. The third-order valence-corrected chi connectivity index (χ3v) is 6.84. The fourth-order valence-corrected chi connectivity index (χ4v) is 4.83. The maximum atomic E-state index is 13.2. The lowest BCUT2D eigenvalue weighted by Crippen LogP contribution is -2.46. The number of carbonyl (C=O) groups is 2. The van der Waals surface area contributed by atoms with Crippen LogP contribution < -0.4 is 10.1 Å². The number of anilines is 1. The van der Waals surface area contributed by atoms with Crippen molar-refractivity contribution in [2.24, 2.45) is 4.99 Å². The Hall–Kier alpha value is -3.79. The van der Waals surface area contributed by atoms with Crippen molar-refractivity contribution in [3.05, 3.63) is 90.0 Å². The van der Waals surface area contributed by atoms with Crippen molar-refractivity contribution < 1.29 is 27.5 Å². The summed E-state index contributed by atoms with van der Waals surface area (Å²) >= 11 is 1.06. The quantitative estimate of drug-likeness (QED) is 0.414. The Kier molecular flexibility index (Phi) is 8.17. The van der Waals surface area contributed by atoms with E-state index in [4.69, 9.17) is 4.74 Å². The summed E-state index contributed by atoms with van der Waals surface area (Å²) in [7, 11) is 1.53. The number of carbonyl (C=O) groups excluding carboxylic acids is 2. The molecule has 10 heteroatoms. The monoisotopic (exact) mass is 527 g/mol. The molecule has 0 aliphatic carbocycles. The number of rotatable bonds is 7.